The first-order valence-electron chi connectivity index (χ1n) is 11.8. The summed E-state index contributed by atoms with van der Waals surface area (Å²) in [6.45, 7) is 4.55. The van der Waals surface area contributed by atoms with Gasteiger partial charge in [-0.05, 0) is 44.4 Å². The van der Waals surface area contributed by atoms with Crippen LogP contribution in [0.1, 0.15) is 39.0 Å². The molecule has 6 rings (SSSR count). The average molecular weight is 413 g/mol. The molecule has 2 saturated heterocycles. The summed E-state index contributed by atoms with van der Waals surface area (Å²) in [6.07, 6.45) is 10.6. The Balaban J connectivity index is 1.11. The Labute approximate surface area is 177 Å². The number of imide groups is 1. The maximum absolute atomic E-state index is 12.9. The quantitative estimate of drug-likeness (QED) is 0.308. The molecular weight excluding hydrogens is 380 g/mol. The molecule has 2 heterocycles. The molecular formula is C23H32N4O3. The molecule has 162 valence electrons. The zero-order chi connectivity index (χ0) is 20.5. The first-order chi connectivity index (χ1) is 14.6. The second-order valence-corrected chi connectivity index (χ2v) is 10.0. The van der Waals surface area contributed by atoms with Crippen molar-refractivity contribution in [1.29, 1.82) is 0 Å². The summed E-state index contributed by atoms with van der Waals surface area (Å²) in [5.41, 5.74) is 0.294. The van der Waals surface area contributed by atoms with Crippen LogP contribution in [0.25, 0.3) is 0 Å². The lowest BCUT2D eigenvalue weighted by Gasteiger charge is -2.63. The number of aliphatic imine (C=N–C) groups is 1. The van der Waals surface area contributed by atoms with Gasteiger partial charge >= 0.3 is 0 Å². The maximum Gasteiger partial charge on any atom is 0.233 e. The molecule has 30 heavy (non-hydrogen) atoms. The minimum Gasteiger partial charge on any atom is -0.377 e. The van der Waals surface area contributed by atoms with Gasteiger partial charge in [0, 0.05) is 37.1 Å². The number of ether oxygens (including phenoxy) is 1. The second-order valence-electron chi connectivity index (χ2n) is 10.0. The molecule has 7 nitrogen and oxygen atoms in total. The molecule has 3 saturated carbocycles. The Hall–Kier alpha value is -1.89. The van der Waals surface area contributed by atoms with E-state index in [4.69, 9.17) is 9.73 Å². The molecule has 1 spiro atoms. The molecule has 0 aromatic heterocycles. The van der Waals surface area contributed by atoms with Crippen LogP contribution >= 0.6 is 0 Å². The van der Waals surface area contributed by atoms with E-state index >= 15 is 0 Å². The van der Waals surface area contributed by atoms with Crippen molar-refractivity contribution in [3.63, 3.8) is 0 Å². The minimum atomic E-state index is -0.115. The van der Waals surface area contributed by atoms with Crippen molar-refractivity contribution >= 4 is 17.8 Å². The van der Waals surface area contributed by atoms with Gasteiger partial charge in [0.05, 0.1) is 24.5 Å². The molecule has 0 aromatic carbocycles. The van der Waals surface area contributed by atoms with Crippen molar-refractivity contribution in [2.45, 2.75) is 51.2 Å². The number of fused-ring (bicyclic) bond motifs is 7. The summed E-state index contributed by atoms with van der Waals surface area (Å²) in [6, 6.07) is 0.424. The third-order valence-electron chi connectivity index (χ3n) is 8.83. The van der Waals surface area contributed by atoms with Crippen LogP contribution < -0.4 is 10.6 Å². The second kappa shape index (κ2) is 6.81. The summed E-state index contributed by atoms with van der Waals surface area (Å²) in [5.74, 6) is 1.73. The van der Waals surface area contributed by atoms with Gasteiger partial charge in [-0.3, -0.25) is 19.5 Å². The molecule has 6 aliphatic rings. The molecule has 7 heteroatoms. The number of carbonyl (C=O) groups excluding carboxylic acids is 2. The van der Waals surface area contributed by atoms with Crippen LogP contribution in [0.2, 0.25) is 0 Å². The van der Waals surface area contributed by atoms with Crippen molar-refractivity contribution in [2.24, 2.45) is 40.0 Å². The summed E-state index contributed by atoms with van der Waals surface area (Å²) >= 11 is 0. The molecule has 4 aliphatic carbocycles. The van der Waals surface area contributed by atoms with E-state index in [1.807, 2.05) is 0 Å². The highest BCUT2D eigenvalue weighted by Crippen LogP contribution is 2.62. The van der Waals surface area contributed by atoms with Gasteiger partial charge in [-0.1, -0.05) is 18.6 Å². The van der Waals surface area contributed by atoms with Gasteiger partial charge in [-0.15, -0.1) is 0 Å². The van der Waals surface area contributed by atoms with Gasteiger partial charge in [0.15, 0.2) is 5.96 Å². The van der Waals surface area contributed by atoms with Crippen LogP contribution in [0.3, 0.4) is 0 Å². The van der Waals surface area contributed by atoms with Crippen molar-refractivity contribution in [2.75, 3.05) is 26.2 Å². The van der Waals surface area contributed by atoms with E-state index in [1.54, 1.807) is 0 Å². The lowest BCUT2D eigenvalue weighted by Crippen LogP contribution is -2.72. The number of amides is 2. The van der Waals surface area contributed by atoms with Gasteiger partial charge in [0.2, 0.25) is 11.8 Å². The van der Waals surface area contributed by atoms with Gasteiger partial charge in [0.25, 0.3) is 0 Å². The van der Waals surface area contributed by atoms with Crippen LogP contribution in [-0.4, -0.2) is 61.1 Å². The third-order valence-corrected chi connectivity index (χ3v) is 8.83. The van der Waals surface area contributed by atoms with Crippen LogP contribution in [-0.2, 0) is 14.3 Å². The standard InChI is InChI=1S/C23H32N4O3/c1-2-24-22(26-18-15-6-11-30-19(15)23(18)7-3-8-23)25-9-10-27-20(28)16-13-4-5-14(12-13)17(16)21(27)29/h4-5,13-19H,2-3,6-12H2,1H3,(H2,24,25,26). The van der Waals surface area contributed by atoms with Crippen molar-refractivity contribution < 1.29 is 14.3 Å². The van der Waals surface area contributed by atoms with Gasteiger partial charge in [0.1, 0.15) is 0 Å². The number of hydrogen-bond acceptors (Lipinski definition) is 4. The molecule has 0 radical (unpaired) electrons. The lowest BCUT2D eigenvalue weighted by atomic mass is 9.46. The largest absolute Gasteiger partial charge is 0.377 e. The number of carbonyl (C=O) groups is 2. The van der Waals surface area contributed by atoms with E-state index in [0.29, 0.717) is 36.6 Å². The lowest BCUT2D eigenvalue weighted by molar-refractivity contribution is -0.171. The molecule has 2 amide bonds. The number of likely N-dealkylation sites (tertiary alicyclic amines) is 1. The fraction of sp³-hybridized carbons (Fsp3) is 0.783. The van der Waals surface area contributed by atoms with Crippen LogP contribution in [0, 0.1) is 35.0 Å². The Morgan fingerprint density at radius 3 is 2.60 bits per heavy atom. The molecule has 5 fully saturated rings. The Kier molecular flexibility index (Phi) is 4.28. The van der Waals surface area contributed by atoms with Crippen molar-refractivity contribution in [3.8, 4) is 0 Å². The summed E-state index contributed by atoms with van der Waals surface area (Å²) < 4.78 is 6.03. The summed E-state index contributed by atoms with van der Waals surface area (Å²) in [5, 5.41) is 7.05. The predicted octanol–water partition coefficient (Wildman–Crippen LogP) is 1.31. The molecule has 2 aliphatic heterocycles. The molecule has 7 unspecified atom stereocenters. The Bertz CT molecular complexity index is 789. The molecule has 2 bridgehead atoms. The number of nitrogens with one attached hydrogen (secondary N) is 2. The average Bonchev–Trinajstić information content (AvgIpc) is 3.45. The van der Waals surface area contributed by atoms with E-state index in [9.17, 15) is 9.59 Å². The third kappa shape index (κ3) is 2.44. The van der Waals surface area contributed by atoms with Crippen LogP contribution in [0.4, 0.5) is 0 Å². The highest BCUT2D eigenvalue weighted by atomic mass is 16.5. The number of guanidine groups is 1. The molecule has 0 aromatic rings. The Morgan fingerprint density at radius 2 is 1.97 bits per heavy atom. The number of hydrogen-bond donors (Lipinski definition) is 2. The fourth-order valence-electron chi connectivity index (χ4n) is 7.37. The van der Waals surface area contributed by atoms with Gasteiger partial charge in [-0.25, -0.2) is 0 Å². The van der Waals surface area contributed by atoms with E-state index in [2.05, 4.69) is 29.7 Å². The SMILES string of the molecule is CCNC(=NCCN1C(=O)C2C3C=CC(C3)C2C1=O)NC1C2CCOC2C12CCC2. The first-order valence-corrected chi connectivity index (χ1v) is 11.8. The van der Waals surface area contributed by atoms with E-state index in [0.717, 1.165) is 32.0 Å². The van der Waals surface area contributed by atoms with Crippen LogP contribution in [0.15, 0.2) is 17.1 Å². The normalized spacial score (nSPS) is 42.4. The van der Waals surface area contributed by atoms with E-state index < -0.39 is 0 Å². The predicted molar refractivity (Wildman–Crippen MR) is 111 cm³/mol. The van der Waals surface area contributed by atoms with Crippen LogP contribution in [0.5, 0.6) is 0 Å². The van der Waals surface area contributed by atoms with E-state index in [1.165, 1.54) is 24.2 Å². The maximum atomic E-state index is 12.9. The van der Waals surface area contributed by atoms with Crippen molar-refractivity contribution in [3.05, 3.63) is 12.2 Å². The van der Waals surface area contributed by atoms with E-state index in [-0.39, 0.29) is 35.5 Å². The zero-order valence-electron chi connectivity index (χ0n) is 17.7. The van der Waals surface area contributed by atoms with Gasteiger partial charge < -0.3 is 15.4 Å². The monoisotopic (exact) mass is 412 g/mol. The van der Waals surface area contributed by atoms with Gasteiger partial charge in [-0.2, -0.15) is 0 Å². The molecule has 2 N–H and O–H groups in total. The number of allylic oxidation sites excluding steroid dienone is 2. The highest BCUT2D eigenvalue weighted by molar-refractivity contribution is 6.06. The molecule has 7 atom stereocenters. The number of nitrogens with zero attached hydrogens (tertiary/aromatic N) is 2. The Morgan fingerprint density at radius 1 is 1.23 bits per heavy atom. The first kappa shape index (κ1) is 18.8. The minimum absolute atomic E-state index is 0.0216. The van der Waals surface area contributed by atoms with Crippen molar-refractivity contribution in [1.82, 2.24) is 15.5 Å². The summed E-state index contributed by atoms with van der Waals surface area (Å²) in [4.78, 5) is 31.9. The topological polar surface area (TPSA) is 83.0 Å². The fourth-order valence-corrected chi connectivity index (χ4v) is 7.37. The number of rotatable bonds is 5. The smallest absolute Gasteiger partial charge is 0.233 e. The zero-order valence-corrected chi connectivity index (χ0v) is 17.7. The summed E-state index contributed by atoms with van der Waals surface area (Å²) in [7, 11) is 0. The highest BCUT2D eigenvalue weighted by Gasteiger charge is 2.66.